The van der Waals surface area contributed by atoms with Gasteiger partial charge in [-0.15, -0.1) is 0 Å². The summed E-state index contributed by atoms with van der Waals surface area (Å²) in [5.41, 5.74) is 1.30. The Labute approximate surface area is 89.5 Å². The van der Waals surface area contributed by atoms with Gasteiger partial charge in [-0.3, -0.25) is 0 Å². The van der Waals surface area contributed by atoms with Gasteiger partial charge in [0.15, 0.2) is 0 Å². The van der Waals surface area contributed by atoms with Crippen LogP contribution in [0.1, 0.15) is 11.3 Å². The summed E-state index contributed by atoms with van der Waals surface area (Å²) in [6, 6.07) is 12.1. The first-order valence-corrected chi connectivity index (χ1v) is 5.04. The molecule has 0 aliphatic rings. The van der Waals surface area contributed by atoms with Crippen LogP contribution in [0.25, 0.3) is 0 Å². The average Bonchev–Trinajstić information content (AvgIpc) is 2.80. The third kappa shape index (κ3) is 2.62. The fourth-order valence-electron chi connectivity index (χ4n) is 1.51. The van der Waals surface area contributed by atoms with Crippen molar-refractivity contribution in [1.82, 2.24) is 0 Å². The highest BCUT2D eigenvalue weighted by molar-refractivity contribution is 5.27. The lowest BCUT2D eigenvalue weighted by Crippen LogP contribution is -1.90. The lowest BCUT2D eigenvalue weighted by molar-refractivity contribution is 0.414. The lowest BCUT2D eigenvalue weighted by atomic mass is 10.1. The van der Waals surface area contributed by atoms with Gasteiger partial charge in [0.05, 0.1) is 13.4 Å². The standard InChI is InChI=1S/C13H14O2/c1-14-12-7-4-11(5-8-12)6-9-13-3-2-10-15-13/h2-5,7-8,10H,6,9H2,1H3. The number of rotatable bonds is 4. The van der Waals surface area contributed by atoms with Crippen LogP contribution in [0.3, 0.4) is 0 Å². The highest BCUT2D eigenvalue weighted by atomic mass is 16.5. The predicted molar refractivity (Wildman–Crippen MR) is 59.1 cm³/mol. The third-order valence-corrected chi connectivity index (χ3v) is 2.40. The van der Waals surface area contributed by atoms with Crippen molar-refractivity contribution in [1.29, 1.82) is 0 Å². The quantitative estimate of drug-likeness (QED) is 0.760. The van der Waals surface area contributed by atoms with E-state index in [2.05, 4.69) is 12.1 Å². The molecule has 2 heteroatoms. The van der Waals surface area contributed by atoms with Crippen molar-refractivity contribution >= 4 is 0 Å². The molecule has 0 radical (unpaired) electrons. The Hall–Kier alpha value is -1.70. The molecule has 0 fully saturated rings. The first kappa shape index (κ1) is 9.84. The van der Waals surface area contributed by atoms with E-state index in [9.17, 15) is 0 Å². The van der Waals surface area contributed by atoms with Gasteiger partial charge in [0, 0.05) is 6.42 Å². The van der Waals surface area contributed by atoms with E-state index < -0.39 is 0 Å². The van der Waals surface area contributed by atoms with E-state index in [-0.39, 0.29) is 0 Å². The van der Waals surface area contributed by atoms with Gasteiger partial charge >= 0.3 is 0 Å². The molecule has 2 rings (SSSR count). The molecule has 2 nitrogen and oxygen atoms in total. The lowest BCUT2D eigenvalue weighted by Gasteiger charge is -2.02. The Morgan fingerprint density at radius 3 is 2.47 bits per heavy atom. The maximum absolute atomic E-state index is 5.28. The zero-order valence-electron chi connectivity index (χ0n) is 8.77. The fourth-order valence-corrected chi connectivity index (χ4v) is 1.51. The summed E-state index contributed by atoms with van der Waals surface area (Å²) in [6.45, 7) is 0. The Bertz CT molecular complexity index is 387. The van der Waals surface area contributed by atoms with Gasteiger partial charge in [-0.05, 0) is 36.2 Å². The molecular formula is C13H14O2. The van der Waals surface area contributed by atoms with E-state index in [0.717, 1.165) is 24.4 Å². The second-order valence-electron chi connectivity index (χ2n) is 3.43. The molecule has 0 aliphatic carbocycles. The monoisotopic (exact) mass is 202 g/mol. The van der Waals surface area contributed by atoms with Crippen molar-refractivity contribution in [2.75, 3.05) is 7.11 Å². The zero-order chi connectivity index (χ0) is 10.5. The topological polar surface area (TPSA) is 22.4 Å². The first-order chi connectivity index (χ1) is 7.38. The Morgan fingerprint density at radius 2 is 1.87 bits per heavy atom. The van der Waals surface area contributed by atoms with Crippen molar-refractivity contribution in [2.45, 2.75) is 12.8 Å². The van der Waals surface area contributed by atoms with Crippen molar-refractivity contribution < 1.29 is 9.15 Å². The van der Waals surface area contributed by atoms with Gasteiger partial charge < -0.3 is 9.15 Å². The third-order valence-electron chi connectivity index (χ3n) is 2.40. The Morgan fingerprint density at radius 1 is 1.07 bits per heavy atom. The van der Waals surface area contributed by atoms with Crippen LogP contribution in [0.2, 0.25) is 0 Å². The number of hydrogen-bond donors (Lipinski definition) is 0. The van der Waals surface area contributed by atoms with E-state index in [0.29, 0.717) is 0 Å². The van der Waals surface area contributed by atoms with Crippen LogP contribution in [0.5, 0.6) is 5.75 Å². The van der Waals surface area contributed by atoms with Gasteiger partial charge in [-0.2, -0.15) is 0 Å². The average molecular weight is 202 g/mol. The molecule has 0 saturated heterocycles. The van der Waals surface area contributed by atoms with Gasteiger partial charge in [-0.25, -0.2) is 0 Å². The summed E-state index contributed by atoms with van der Waals surface area (Å²) < 4.78 is 10.4. The van der Waals surface area contributed by atoms with Gasteiger partial charge in [-0.1, -0.05) is 12.1 Å². The van der Waals surface area contributed by atoms with Gasteiger partial charge in [0.2, 0.25) is 0 Å². The largest absolute Gasteiger partial charge is 0.497 e. The van der Waals surface area contributed by atoms with Crippen LogP contribution in [-0.2, 0) is 12.8 Å². The number of benzene rings is 1. The molecule has 0 bridgehead atoms. The van der Waals surface area contributed by atoms with Crippen molar-refractivity contribution in [3.05, 3.63) is 54.0 Å². The predicted octanol–water partition coefficient (Wildman–Crippen LogP) is 3.07. The minimum Gasteiger partial charge on any atom is -0.497 e. The number of methoxy groups -OCH3 is 1. The number of hydrogen-bond acceptors (Lipinski definition) is 2. The molecule has 0 spiro atoms. The second-order valence-corrected chi connectivity index (χ2v) is 3.43. The molecule has 1 aromatic heterocycles. The highest BCUT2D eigenvalue weighted by Gasteiger charge is 1.98. The molecule has 0 aliphatic heterocycles. The number of aryl methyl sites for hydroxylation is 2. The van der Waals surface area contributed by atoms with Crippen LogP contribution < -0.4 is 4.74 Å². The van der Waals surface area contributed by atoms with Crippen molar-refractivity contribution in [3.8, 4) is 5.75 Å². The Balaban J connectivity index is 1.93. The second kappa shape index (κ2) is 4.69. The summed E-state index contributed by atoms with van der Waals surface area (Å²) in [5, 5.41) is 0. The minimum absolute atomic E-state index is 0.900. The smallest absolute Gasteiger partial charge is 0.118 e. The van der Waals surface area contributed by atoms with Crippen LogP contribution in [0.15, 0.2) is 47.1 Å². The first-order valence-electron chi connectivity index (χ1n) is 5.04. The molecular weight excluding hydrogens is 188 g/mol. The molecule has 1 heterocycles. The highest BCUT2D eigenvalue weighted by Crippen LogP contribution is 2.13. The van der Waals surface area contributed by atoms with Crippen LogP contribution in [0, 0.1) is 0 Å². The summed E-state index contributed by atoms with van der Waals surface area (Å²) in [4.78, 5) is 0. The molecule has 1 aromatic carbocycles. The summed E-state index contributed by atoms with van der Waals surface area (Å²) in [7, 11) is 1.68. The maximum atomic E-state index is 5.28. The van der Waals surface area contributed by atoms with Crippen LogP contribution >= 0.6 is 0 Å². The normalized spacial score (nSPS) is 10.2. The van der Waals surface area contributed by atoms with Gasteiger partial charge in [0.25, 0.3) is 0 Å². The molecule has 0 atom stereocenters. The van der Waals surface area contributed by atoms with Crippen LogP contribution in [-0.4, -0.2) is 7.11 Å². The SMILES string of the molecule is COc1ccc(CCc2ccco2)cc1. The molecule has 78 valence electrons. The summed E-state index contributed by atoms with van der Waals surface area (Å²) >= 11 is 0. The Kier molecular flexibility index (Phi) is 3.08. The van der Waals surface area contributed by atoms with E-state index in [1.165, 1.54) is 5.56 Å². The minimum atomic E-state index is 0.900. The molecule has 0 amide bonds. The maximum Gasteiger partial charge on any atom is 0.118 e. The fraction of sp³-hybridized carbons (Fsp3) is 0.231. The zero-order valence-corrected chi connectivity index (χ0v) is 8.77. The van der Waals surface area contributed by atoms with E-state index in [4.69, 9.17) is 9.15 Å². The van der Waals surface area contributed by atoms with E-state index in [1.54, 1.807) is 13.4 Å². The van der Waals surface area contributed by atoms with E-state index in [1.807, 2.05) is 24.3 Å². The molecule has 0 N–H and O–H groups in total. The molecule has 2 aromatic rings. The van der Waals surface area contributed by atoms with Crippen molar-refractivity contribution in [3.63, 3.8) is 0 Å². The molecule has 0 saturated carbocycles. The molecule has 15 heavy (non-hydrogen) atoms. The van der Waals surface area contributed by atoms with Crippen LogP contribution in [0.4, 0.5) is 0 Å². The molecule has 0 unspecified atom stereocenters. The van der Waals surface area contributed by atoms with E-state index >= 15 is 0 Å². The van der Waals surface area contributed by atoms with Gasteiger partial charge in [0.1, 0.15) is 11.5 Å². The number of furan rings is 1. The number of ether oxygens (including phenoxy) is 1. The van der Waals surface area contributed by atoms with Crippen molar-refractivity contribution in [2.24, 2.45) is 0 Å². The summed E-state index contributed by atoms with van der Waals surface area (Å²) in [6.07, 6.45) is 3.65. The summed E-state index contributed by atoms with van der Waals surface area (Å²) in [5.74, 6) is 1.93.